The quantitative estimate of drug-likeness (QED) is 0.590. The summed E-state index contributed by atoms with van der Waals surface area (Å²) in [5.74, 6) is -2.55. The lowest BCUT2D eigenvalue weighted by Crippen LogP contribution is -2.43. The number of hydrogen-bond acceptors (Lipinski definition) is 4. The van der Waals surface area contributed by atoms with Gasteiger partial charge in [-0.3, -0.25) is 4.79 Å². The fourth-order valence-corrected chi connectivity index (χ4v) is 3.85. The molecule has 0 saturated heterocycles. The zero-order valence-electron chi connectivity index (χ0n) is 14.1. The number of amides is 1. The molecule has 1 amide bonds. The van der Waals surface area contributed by atoms with Gasteiger partial charge in [-0.05, 0) is 48.9 Å². The van der Waals surface area contributed by atoms with Crippen molar-refractivity contribution in [2.75, 3.05) is 5.32 Å². The summed E-state index contributed by atoms with van der Waals surface area (Å²) >= 11 is 3.15. The zero-order chi connectivity index (χ0) is 20.2. The van der Waals surface area contributed by atoms with Crippen LogP contribution in [0.1, 0.15) is 23.7 Å². The number of carboxylic acids is 1. The smallest absolute Gasteiger partial charge is 0.337 e. The molecule has 7 nitrogen and oxygen atoms in total. The van der Waals surface area contributed by atoms with Crippen LogP contribution in [0.3, 0.4) is 0 Å². The van der Waals surface area contributed by atoms with Gasteiger partial charge in [0.1, 0.15) is 11.9 Å². The molecule has 0 radical (unpaired) electrons. The second kappa shape index (κ2) is 8.59. The number of carbonyl (C=O) groups excluding carboxylic acids is 1. The fourth-order valence-electron chi connectivity index (χ4n) is 2.21. The molecule has 2 rings (SSSR count). The van der Waals surface area contributed by atoms with Crippen LogP contribution in [0.25, 0.3) is 0 Å². The molecular weight excluding hydrogens is 443 g/mol. The standard InChI is InChI=1S/C17H16BrFN2O5S/c1-2-14(21-27(25,26)12-6-4-11(19)5-7-12)16(22)20-15-8-3-10(18)9-13(15)17(23)24/h3-9,14,21H,2H2,1H3,(H,20,22)(H,23,24). The predicted molar refractivity (Wildman–Crippen MR) is 101 cm³/mol. The van der Waals surface area contributed by atoms with Crippen LogP contribution in [0, 0.1) is 5.82 Å². The summed E-state index contributed by atoms with van der Waals surface area (Å²) in [4.78, 5) is 23.6. The highest BCUT2D eigenvalue weighted by Crippen LogP contribution is 2.22. The molecule has 27 heavy (non-hydrogen) atoms. The van der Waals surface area contributed by atoms with Crippen LogP contribution in [0.15, 0.2) is 51.8 Å². The van der Waals surface area contributed by atoms with E-state index in [-0.39, 0.29) is 22.6 Å². The van der Waals surface area contributed by atoms with Gasteiger partial charge in [-0.15, -0.1) is 0 Å². The maximum absolute atomic E-state index is 13.0. The van der Waals surface area contributed by atoms with Gasteiger partial charge in [0.25, 0.3) is 0 Å². The van der Waals surface area contributed by atoms with E-state index >= 15 is 0 Å². The molecule has 0 heterocycles. The molecule has 3 N–H and O–H groups in total. The van der Waals surface area contributed by atoms with E-state index < -0.39 is 33.8 Å². The molecule has 1 atom stereocenters. The number of nitrogens with one attached hydrogen (secondary N) is 2. The Kier molecular flexibility index (Phi) is 6.68. The van der Waals surface area contributed by atoms with Crippen molar-refractivity contribution in [3.05, 3.63) is 58.3 Å². The molecule has 0 aliphatic rings. The highest BCUT2D eigenvalue weighted by atomic mass is 79.9. The van der Waals surface area contributed by atoms with Gasteiger partial charge in [-0.2, -0.15) is 4.72 Å². The van der Waals surface area contributed by atoms with E-state index in [9.17, 15) is 27.5 Å². The Morgan fingerprint density at radius 1 is 1.19 bits per heavy atom. The van der Waals surface area contributed by atoms with E-state index in [1.165, 1.54) is 12.1 Å². The Labute approximate surface area is 163 Å². The summed E-state index contributed by atoms with van der Waals surface area (Å²) < 4.78 is 40.5. The van der Waals surface area contributed by atoms with E-state index in [4.69, 9.17) is 0 Å². The minimum Gasteiger partial charge on any atom is -0.478 e. The van der Waals surface area contributed by atoms with Crippen LogP contribution in [0.5, 0.6) is 0 Å². The number of anilines is 1. The van der Waals surface area contributed by atoms with Crippen molar-refractivity contribution in [3.63, 3.8) is 0 Å². The lowest BCUT2D eigenvalue weighted by Gasteiger charge is -2.18. The number of halogens is 2. The van der Waals surface area contributed by atoms with Crippen LogP contribution in [-0.4, -0.2) is 31.4 Å². The summed E-state index contributed by atoms with van der Waals surface area (Å²) in [6, 6.07) is 7.27. The summed E-state index contributed by atoms with van der Waals surface area (Å²) in [7, 11) is -4.06. The van der Waals surface area contributed by atoms with Gasteiger partial charge in [-0.25, -0.2) is 17.6 Å². The molecule has 0 aromatic heterocycles. The zero-order valence-corrected chi connectivity index (χ0v) is 16.5. The first-order valence-electron chi connectivity index (χ1n) is 7.75. The van der Waals surface area contributed by atoms with Gasteiger partial charge in [-0.1, -0.05) is 22.9 Å². The first-order chi connectivity index (χ1) is 12.6. The Morgan fingerprint density at radius 2 is 1.81 bits per heavy atom. The molecule has 1 unspecified atom stereocenters. The molecule has 0 saturated carbocycles. The minimum absolute atomic E-state index is 0.0372. The molecule has 2 aromatic carbocycles. The Hall–Kier alpha value is -2.30. The summed E-state index contributed by atoms with van der Waals surface area (Å²) in [6.45, 7) is 1.59. The van der Waals surface area contributed by atoms with Crippen molar-refractivity contribution >= 4 is 43.5 Å². The lowest BCUT2D eigenvalue weighted by atomic mass is 10.1. The van der Waals surface area contributed by atoms with Gasteiger partial charge in [0.15, 0.2) is 0 Å². The van der Waals surface area contributed by atoms with Crippen molar-refractivity contribution < 1.29 is 27.5 Å². The van der Waals surface area contributed by atoms with Crippen LogP contribution in [0.2, 0.25) is 0 Å². The Bertz CT molecular complexity index is 964. The number of sulfonamides is 1. The molecule has 2 aromatic rings. The van der Waals surface area contributed by atoms with E-state index in [1.807, 2.05) is 0 Å². The van der Waals surface area contributed by atoms with Gasteiger partial charge in [0.05, 0.1) is 16.1 Å². The molecule has 0 aliphatic carbocycles. The summed E-state index contributed by atoms with van der Waals surface area (Å²) in [6.07, 6.45) is 0.116. The van der Waals surface area contributed by atoms with Crippen molar-refractivity contribution in [2.45, 2.75) is 24.3 Å². The number of carbonyl (C=O) groups is 2. The average Bonchev–Trinajstić information content (AvgIpc) is 2.61. The second-order valence-corrected chi connectivity index (χ2v) is 8.15. The van der Waals surface area contributed by atoms with Crippen LogP contribution >= 0.6 is 15.9 Å². The van der Waals surface area contributed by atoms with Crippen molar-refractivity contribution in [1.29, 1.82) is 0 Å². The maximum Gasteiger partial charge on any atom is 0.337 e. The Balaban J connectivity index is 2.21. The second-order valence-electron chi connectivity index (χ2n) is 5.52. The average molecular weight is 459 g/mol. The third-order valence-electron chi connectivity index (χ3n) is 3.62. The normalized spacial score (nSPS) is 12.4. The van der Waals surface area contributed by atoms with Crippen LogP contribution in [-0.2, 0) is 14.8 Å². The minimum atomic E-state index is -4.06. The summed E-state index contributed by atoms with van der Waals surface area (Å²) in [5, 5.41) is 11.7. The van der Waals surface area contributed by atoms with E-state index in [2.05, 4.69) is 26.0 Å². The van der Waals surface area contributed by atoms with Crippen molar-refractivity contribution in [2.24, 2.45) is 0 Å². The molecule has 0 bridgehead atoms. The van der Waals surface area contributed by atoms with Gasteiger partial charge in [0, 0.05) is 4.47 Å². The van der Waals surface area contributed by atoms with E-state index in [1.54, 1.807) is 13.0 Å². The number of aromatic carboxylic acids is 1. The largest absolute Gasteiger partial charge is 0.478 e. The van der Waals surface area contributed by atoms with Crippen LogP contribution < -0.4 is 10.0 Å². The highest BCUT2D eigenvalue weighted by Gasteiger charge is 2.25. The van der Waals surface area contributed by atoms with Gasteiger partial charge < -0.3 is 10.4 Å². The number of carboxylic acid groups (broad SMARTS) is 1. The third kappa shape index (κ3) is 5.34. The Morgan fingerprint density at radius 3 is 2.37 bits per heavy atom. The molecule has 0 aliphatic heterocycles. The van der Waals surface area contributed by atoms with E-state index in [0.29, 0.717) is 4.47 Å². The number of rotatable bonds is 7. The SMILES string of the molecule is CCC(NS(=O)(=O)c1ccc(F)cc1)C(=O)Nc1ccc(Br)cc1C(=O)O. The molecular formula is C17H16BrFN2O5S. The van der Waals surface area contributed by atoms with Gasteiger partial charge >= 0.3 is 5.97 Å². The predicted octanol–water partition coefficient (Wildman–Crippen LogP) is 2.98. The first kappa shape index (κ1) is 21.0. The van der Waals surface area contributed by atoms with E-state index in [0.717, 1.165) is 24.3 Å². The fraction of sp³-hybridized carbons (Fsp3) is 0.176. The first-order valence-corrected chi connectivity index (χ1v) is 10.0. The summed E-state index contributed by atoms with van der Waals surface area (Å²) in [5.41, 5.74) is -0.107. The number of hydrogen-bond donors (Lipinski definition) is 3. The van der Waals surface area contributed by atoms with Gasteiger partial charge in [0.2, 0.25) is 15.9 Å². The van der Waals surface area contributed by atoms with Crippen molar-refractivity contribution in [1.82, 2.24) is 4.72 Å². The highest BCUT2D eigenvalue weighted by molar-refractivity contribution is 9.10. The maximum atomic E-state index is 13.0. The molecule has 10 heteroatoms. The monoisotopic (exact) mass is 458 g/mol. The topological polar surface area (TPSA) is 113 Å². The van der Waals surface area contributed by atoms with Crippen molar-refractivity contribution in [3.8, 4) is 0 Å². The molecule has 144 valence electrons. The third-order valence-corrected chi connectivity index (χ3v) is 5.60. The molecule has 0 fully saturated rings. The molecule has 0 spiro atoms. The van der Waals surface area contributed by atoms with Crippen LogP contribution in [0.4, 0.5) is 10.1 Å². The lowest BCUT2D eigenvalue weighted by molar-refractivity contribution is -0.117. The number of benzene rings is 2.